The van der Waals surface area contributed by atoms with Crippen molar-refractivity contribution >= 4 is 35.0 Å². The van der Waals surface area contributed by atoms with Crippen LogP contribution >= 0.6 is 12.2 Å². The zero-order valence-electron chi connectivity index (χ0n) is 18.5. The topological polar surface area (TPSA) is 50.8 Å². The lowest BCUT2D eigenvalue weighted by atomic mass is 10.1. The second-order valence-electron chi connectivity index (χ2n) is 7.73. The van der Waals surface area contributed by atoms with Gasteiger partial charge in [0.15, 0.2) is 5.11 Å². The third-order valence-electron chi connectivity index (χ3n) is 5.31. The zero-order valence-corrected chi connectivity index (χ0v) is 19.3. The Bertz CT molecular complexity index is 1250. The summed E-state index contributed by atoms with van der Waals surface area (Å²) in [5, 5.41) is 3.19. The third-order valence-corrected chi connectivity index (χ3v) is 5.59. The molecule has 0 radical (unpaired) electrons. The summed E-state index contributed by atoms with van der Waals surface area (Å²) in [5.74, 6) is 0.815. The molecule has 7 heteroatoms. The number of methoxy groups -OCH3 is 1. The monoisotopic (exact) mass is 462 g/mol. The fourth-order valence-corrected chi connectivity index (χ4v) is 3.84. The van der Waals surface area contributed by atoms with E-state index in [1.54, 1.807) is 13.2 Å². The van der Waals surface area contributed by atoms with Gasteiger partial charge in [0.1, 0.15) is 29.6 Å². The molecule has 0 unspecified atom stereocenters. The summed E-state index contributed by atoms with van der Waals surface area (Å²) in [6.07, 6.45) is 1.72. The van der Waals surface area contributed by atoms with Gasteiger partial charge >= 0.3 is 0 Å². The molecule has 0 saturated carbocycles. The Morgan fingerprint density at radius 2 is 1.79 bits per heavy atom. The van der Waals surface area contributed by atoms with Gasteiger partial charge in [0.25, 0.3) is 5.91 Å². The van der Waals surface area contributed by atoms with Crippen LogP contribution in [0.25, 0.3) is 6.08 Å². The molecule has 1 aliphatic heterocycles. The Morgan fingerprint density at radius 3 is 2.52 bits per heavy atom. The Balaban J connectivity index is 1.58. The van der Waals surface area contributed by atoms with E-state index in [2.05, 4.69) is 5.32 Å². The second kappa shape index (κ2) is 9.42. The van der Waals surface area contributed by atoms with Crippen LogP contribution in [0.4, 0.5) is 10.1 Å². The van der Waals surface area contributed by atoms with Gasteiger partial charge in [-0.1, -0.05) is 18.2 Å². The van der Waals surface area contributed by atoms with Crippen molar-refractivity contribution in [3.63, 3.8) is 0 Å². The second-order valence-corrected chi connectivity index (χ2v) is 8.12. The lowest BCUT2D eigenvalue weighted by Crippen LogP contribution is -2.30. The first-order chi connectivity index (χ1) is 15.9. The largest absolute Gasteiger partial charge is 0.496 e. The van der Waals surface area contributed by atoms with Crippen LogP contribution in [0.5, 0.6) is 11.5 Å². The summed E-state index contributed by atoms with van der Waals surface area (Å²) in [5.41, 5.74) is 4.63. The molecule has 1 aliphatic rings. The summed E-state index contributed by atoms with van der Waals surface area (Å²) >= 11 is 5.33. The van der Waals surface area contributed by atoms with Gasteiger partial charge in [0, 0.05) is 5.56 Å². The number of carbonyl (C=O) groups excluding carboxylic acids is 1. The number of ether oxygens (including phenoxy) is 2. The molecular formula is C26H23FN2O3S. The van der Waals surface area contributed by atoms with Crippen LogP contribution in [0.1, 0.15) is 22.3 Å². The quantitative estimate of drug-likeness (QED) is 0.398. The van der Waals surface area contributed by atoms with E-state index in [1.165, 1.54) is 29.2 Å². The van der Waals surface area contributed by atoms with Gasteiger partial charge in [0.05, 0.1) is 12.8 Å². The van der Waals surface area contributed by atoms with Crippen molar-refractivity contribution in [1.82, 2.24) is 5.32 Å². The van der Waals surface area contributed by atoms with Gasteiger partial charge in [-0.25, -0.2) is 4.39 Å². The van der Waals surface area contributed by atoms with E-state index in [-0.39, 0.29) is 16.8 Å². The third kappa shape index (κ3) is 4.88. The zero-order chi connectivity index (χ0) is 23.5. The fraction of sp³-hybridized carbons (Fsp3) is 0.154. The summed E-state index contributed by atoms with van der Waals surface area (Å²) < 4.78 is 24.8. The summed E-state index contributed by atoms with van der Waals surface area (Å²) in [4.78, 5) is 14.3. The number of aryl methyl sites for hydroxylation is 2. The molecule has 1 saturated heterocycles. The number of amides is 1. The van der Waals surface area contributed by atoms with Crippen molar-refractivity contribution in [3.05, 3.63) is 94.4 Å². The summed E-state index contributed by atoms with van der Waals surface area (Å²) in [7, 11) is 1.61. The highest BCUT2D eigenvalue weighted by Gasteiger charge is 2.32. The van der Waals surface area contributed by atoms with Crippen LogP contribution < -0.4 is 19.7 Å². The number of thiocarbonyl (C=S) groups is 1. The van der Waals surface area contributed by atoms with Crippen LogP contribution in [0.3, 0.4) is 0 Å². The molecule has 33 heavy (non-hydrogen) atoms. The highest BCUT2D eigenvalue weighted by molar-refractivity contribution is 7.80. The smallest absolute Gasteiger partial charge is 0.281 e. The molecule has 0 aliphatic carbocycles. The van der Waals surface area contributed by atoms with E-state index in [0.717, 1.165) is 28.0 Å². The Labute approximate surface area is 197 Å². The molecule has 3 aromatic carbocycles. The standard InChI is InChI=1S/C26H23FN2O3S/c1-16-4-5-17(2)24(12-16)32-15-19-13-18(6-11-23(19)31-3)14-22-25(30)29(26(33)28-22)21-9-7-20(27)8-10-21/h4-14H,15H2,1-3H3,(H,28,33)/b22-14+. The number of nitrogens with one attached hydrogen (secondary N) is 1. The molecule has 1 fully saturated rings. The molecule has 1 heterocycles. The van der Waals surface area contributed by atoms with Crippen LogP contribution in [-0.4, -0.2) is 18.1 Å². The molecule has 3 aromatic rings. The minimum absolute atomic E-state index is 0.241. The van der Waals surface area contributed by atoms with Crippen molar-refractivity contribution < 1.29 is 18.7 Å². The highest BCUT2D eigenvalue weighted by atomic mass is 32.1. The first kappa shape index (κ1) is 22.5. The van der Waals surface area contributed by atoms with E-state index in [4.69, 9.17) is 21.7 Å². The van der Waals surface area contributed by atoms with Crippen LogP contribution in [0, 0.1) is 19.7 Å². The van der Waals surface area contributed by atoms with Crippen molar-refractivity contribution in [2.75, 3.05) is 12.0 Å². The number of hydrogen-bond acceptors (Lipinski definition) is 4. The SMILES string of the molecule is COc1ccc(/C=C2/NC(=S)N(c3ccc(F)cc3)C2=O)cc1COc1cc(C)ccc1C. The van der Waals surface area contributed by atoms with Gasteiger partial charge in [0.2, 0.25) is 0 Å². The highest BCUT2D eigenvalue weighted by Crippen LogP contribution is 2.27. The predicted octanol–water partition coefficient (Wildman–Crippen LogP) is 5.29. The molecule has 4 rings (SSSR count). The van der Waals surface area contributed by atoms with Gasteiger partial charge in [-0.15, -0.1) is 0 Å². The van der Waals surface area contributed by atoms with Gasteiger partial charge in [-0.05, 0) is 91.3 Å². The molecule has 1 amide bonds. The lowest BCUT2D eigenvalue weighted by molar-refractivity contribution is -0.113. The van der Waals surface area contributed by atoms with Crippen LogP contribution in [0.15, 0.2) is 66.4 Å². The maximum Gasteiger partial charge on any atom is 0.281 e. The van der Waals surface area contributed by atoms with E-state index < -0.39 is 0 Å². The molecular weight excluding hydrogens is 439 g/mol. The lowest BCUT2D eigenvalue weighted by Gasteiger charge is -2.14. The molecule has 168 valence electrons. The minimum Gasteiger partial charge on any atom is -0.496 e. The minimum atomic E-state index is -0.381. The average molecular weight is 463 g/mol. The van der Waals surface area contributed by atoms with Crippen molar-refractivity contribution in [2.45, 2.75) is 20.5 Å². The fourth-order valence-electron chi connectivity index (χ4n) is 3.55. The number of anilines is 1. The maximum atomic E-state index is 13.3. The van der Waals surface area contributed by atoms with Crippen molar-refractivity contribution in [2.24, 2.45) is 0 Å². The van der Waals surface area contributed by atoms with E-state index in [0.29, 0.717) is 23.7 Å². The number of carbonyl (C=O) groups is 1. The number of nitrogens with zero attached hydrogens (tertiary/aromatic N) is 1. The molecule has 0 bridgehead atoms. The summed E-state index contributed by atoms with van der Waals surface area (Å²) in [6.45, 7) is 4.33. The Hall–Kier alpha value is -3.71. The number of benzene rings is 3. The van der Waals surface area contributed by atoms with Gasteiger partial charge < -0.3 is 14.8 Å². The van der Waals surface area contributed by atoms with E-state index in [1.807, 2.05) is 50.2 Å². The van der Waals surface area contributed by atoms with Gasteiger partial charge in [-0.2, -0.15) is 0 Å². The molecule has 0 atom stereocenters. The Kier molecular flexibility index (Phi) is 6.42. The molecule has 0 spiro atoms. The molecule has 0 aromatic heterocycles. The molecule has 5 nitrogen and oxygen atoms in total. The van der Waals surface area contributed by atoms with Crippen molar-refractivity contribution in [1.29, 1.82) is 0 Å². The number of hydrogen-bond donors (Lipinski definition) is 1. The first-order valence-electron chi connectivity index (χ1n) is 10.4. The molecule has 1 N–H and O–H groups in total. The number of halogens is 1. The van der Waals surface area contributed by atoms with E-state index in [9.17, 15) is 9.18 Å². The van der Waals surface area contributed by atoms with Crippen LogP contribution in [0.2, 0.25) is 0 Å². The first-order valence-corrected chi connectivity index (χ1v) is 10.8. The number of rotatable bonds is 6. The Morgan fingerprint density at radius 1 is 1.03 bits per heavy atom. The van der Waals surface area contributed by atoms with Gasteiger partial charge in [-0.3, -0.25) is 9.69 Å². The van der Waals surface area contributed by atoms with Crippen molar-refractivity contribution in [3.8, 4) is 11.5 Å². The van der Waals surface area contributed by atoms with E-state index >= 15 is 0 Å². The maximum absolute atomic E-state index is 13.3. The summed E-state index contributed by atoms with van der Waals surface area (Å²) in [6, 6.07) is 17.3. The van der Waals surface area contributed by atoms with Crippen LogP contribution in [-0.2, 0) is 11.4 Å². The average Bonchev–Trinajstić information content (AvgIpc) is 3.08. The normalized spacial score (nSPS) is 14.5. The predicted molar refractivity (Wildman–Crippen MR) is 131 cm³/mol.